The van der Waals surface area contributed by atoms with Crippen molar-refractivity contribution in [1.82, 2.24) is 4.90 Å². The van der Waals surface area contributed by atoms with E-state index in [0.29, 0.717) is 36.8 Å². The average molecular weight is 427 g/mol. The van der Waals surface area contributed by atoms with Crippen LogP contribution in [0.3, 0.4) is 0 Å². The molecule has 0 aliphatic carbocycles. The van der Waals surface area contributed by atoms with Crippen LogP contribution in [0, 0.1) is 11.2 Å². The summed E-state index contributed by atoms with van der Waals surface area (Å²) in [5, 5.41) is 0.437. The number of benzene rings is 3. The van der Waals surface area contributed by atoms with E-state index in [4.69, 9.17) is 22.1 Å². The third-order valence-corrected chi connectivity index (χ3v) is 5.29. The van der Waals surface area contributed by atoms with Crippen molar-refractivity contribution < 1.29 is 9.13 Å². The quantitative estimate of drug-likeness (QED) is 0.439. The summed E-state index contributed by atoms with van der Waals surface area (Å²) in [6.45, 7) is 6.48. The van der Waals surface area contributed by atoms with Gasteiger partial charge < -0.3 is 10.5 Å². The van der Waals surface area contributed by atoms with Crippen LogP contribution in [0.2, 0.25) is 5.02 Å². The van der Waals surface area contributed by atoms with E-state index in [1.54, 1.807) is 12.1 Å². The average Bonchev–Trinajstić information content (AvgIpc) is 2.71. The first kappa shape index (κ1) is 22.3. The van der Waals surface area contributed by atoms with Crippen molar-refractivity contribution in [3.05, 3.63) is 94.8 Å². The zero-order valence-electron chi connectivity index (χ0n) is 17.4. The molecule has 0 aliphatic rings. The maximum atomic E-state index is 14.4. The molecule has 0 amide bonds. The lowest BCUT2D eigenvalue weighted by atomic mass is 9.92. The number of rotatable bonds is 9. The highest BCUT2D eigenvalue weighted by Gasteiger charge is 2.22. The molecular weight excluding hydrogens is 399 g/mol. The van der Waals surface area contributed by atoms with E-state index in [9.17, 15) is 4.39 Å². The van der Waals surface area contributed by atoms with Crippen molar-refractivity contribution in [3.8, 4) is 11.5 Å². The van der Waals surface area contributed by atoms with Crippen LogP contribution in [0.1, 0.15) is 25.0 Å². The van der Waals surface area contributed by atoms with Gasteiger partial charge in [0.25, 0.3) is 0 Å². The molecule has 0 fully saturated rings. The van der Waals surface area contributed by atoms with E-state index >= 15 is 0 Å². The van der Waals surface area contributed by atoms with Crippen LogP contribution in [0.5, 0.6) is 11.5 Å². The van der Waals surface area contributed by atoms with Gasteiger partial charge in [-0.3, -0.25) is 4.90 Å². The molecule has 3 aromatic carbocycles. The minimum Gasteiger partial charge on any atom is -0.457 e. The van der Waals surface area contributed by atoms with Gasteiger partial charge in [0, 0.05) is 30.2 Å². The van der Waals surface area contributed by atoms with Gasteiger partial charge >= 0.3 is 0 Å². The highest BCUT2D eigenvalue weighted by atomic mass is 35.5. The number of hydrogen-bond donors (Lipinski definition) is 1. The molecule has 0 aliphatic heterocycles. The van der Waals surface area contributed by atoms with Crippen molar-refractivity contribution in [2.45, 2.75) is 26.9 Å². The van der Waals surface area contributed by atoms with Gasteiger partial charge in [-0.15, -0.1) is 0 Å². The molecule has 3 rings (SSSR count). The summed E-state index contributed by atoms with van der Waals surface area (Å²) in [6, 6.07) is 22.4. The highest BCUT2D eigenvalue weighted by Crippen LogP contribution is 2.26. The topological polar surface area (TPSA) is 38.5 Å². The van der Waals surface area contributed by atoms with Crippen LogP contribution >= 0.6 is 11.6 Å². The minimum atomic E-state index is -0.292. The number of ether oxygens (including phenoxy) is 1. The van der Waals surface area contributed by atoms with Crippen LogP contribution in [0.15, 0.2) is 72.8 Å². The molecule has 0 unspecified atom stereocenters. The SMILES string of the molecule is CC(C)(CN)CN(Cc1cccc(Oc2ccccc2)c1)Cc1c(F)cccc1Cl. The standard InChI is InChI=1S/C25H28ClFN2O/c1-25(2,17-28)18-29(16-22-23(26)12-7-13-24(22)27)15-19-8-6-11-21(14-19)30-20-9-4-3-5-10-20/h3-14H,15-18,28H2,1-2H3. The Morgan fingerprint density at radius 2 is 1.63 bits per heavy atom. The molecule has 0 bridgehead atoms. The van der Waals surface area contributed by atoms with Gasteiger partial charge in [-0.1, -0.05) is 61.8 Å². The lowest BCUT2D eigenvalue weighted by Gasteiger charge is -2.32. The van der Waals surface area contributed by atoms with E-state index in [0.717, 1.165) is 17.1 Å². The first-order chi connectivity index (χ1) is 14.4. The summed E-state index contributed by atoms with van der Waals surface area (Å²) in [5.41, 5.74) is 7.43. The van der Waals surface area contributed by atoms with Gasteiger partial charge in [-0.25, -0.2) is 4.39 Å². The van der Waals surface area contributed by atoms with Crippen molar-refractivity contribution in [2.24, 2.45) is 11.1 Å². The number of hydrogen-bond acceptors (Lipinski definition) is 3. The molecule has 0 heterocycles. The molecule has 0 spiro atoms. The maximum absolute atomic E-state index is 14.4. The summed E-state index contributed by atoms with van der Waals surface area (Å²) >= 11 is 6.29. The molecule has 0 atom stereocenters. The lowest BCUT2D eigenvalue weighted by Crippen LogP contribution is -2.38. The Balaban J connectivity index is 1.81. The van der Waals surface area contributed by atoms with E-state index in [1.165, 1.54) is 6.07 Å². The first-order valence-corrected chi connectivity index (χ1v) is 10.4. The number of nitrogens with zero attached hydrogens (tertiary/aromatic N) is 1. The van der Waals surface area contributed by atoms with Crippen molar-refractivity contribution in [2.75, 3.05) is 13.1 Å². The monoisotopic (exact) mass is 426 g/mol. The van der Waals surface area contributed by atoms with Crippen LogP contribution < -0.4 is 10.5 Å². The summed E-state index contributed by atoms with van der Waals surface area (Å²) in [4.78, 5) is 2.18. The molecule has 0 aromatic heterocycles. The zero-order valence-corrected chi connectivity index (χ0v) is 18.2. The van der Waals surface area contributed by atoms with Crippen LogP contribution in [-0.2, 0) is 13.1 Å². The van der Waals surface area contributed by atoms with Gasteiger partial charge in [-0.05, 0) is 53.9 Å². The van der Waals surface area contributed by atoms with Crippen LogP contribution in [-0.4, -0.2) is 18.0 Å². The maximum Gasteiger partial charge on any atom is 0.129 e. The predicted molar refractivity (Wildman–Crippen MR) is 121 cm³/mol. The Morgan fingerprint density at radius 3 is 2.33 bits per heavy atom. The predicted octanol–water partition coefficient (Wildman–Crippen LogP) is 6.26. The highest BCUT2D eigenvalue weighted by molar-refractivity contribution is 6.31. The van der Waals surface area contributed by atoms with Crippen molar-refractivity contribution in [1.29, 1.82) is 0 Å². The Bertz CT molecular complexity index is 942. The summed E-state index contributed by atoms with van der Waals surface area (Å²) < 4.78 is 20.4. The van der Waals surface area contributed by atoms with Gasteiger partial charge in [0.15, 0.2) is 0 Å². The fraction of sp³-hybridized carbons (Fsp3) is 0.280. The zero-order chi connectivity index (χ0) is 21.6. The van der Waals surface area contributed by atoms with E-state index in [-0.39, 0.29) is 11.2 Å². The number of nitrogens with two attached hydrogens (primary N) is 1. The molecule has 2 N–H and O–H groups in total. The Morgan fingerprint density at radius 1 is 0.933 bits per heavy atom. The number of para-hydroxylation sites is 1. The smallest absolute Gasteiger partial charge is 0.129 e. The van der Waals surface area contributed by atoms with Gasteiger partial charge in [0.05, 0.1) is 0 Å². The first-order valence-electron chi connectivity index (χ1n) is 10.0. The Labute approximate surface area is 183 Å². The molecule has 158 valence electrons. The molecule has 0 saturated carbocycles. The normalized spacial score (nSPS) is 11.7. The fourth-order valence-electron chi connectivity index (χ4n) is 3.33. The summed E-state index contributed by atoms with van der Waals surface area (Å²) in [6.07, 6.45) is 0. The van der Waals surface area contributed by atoms with E-state index < -0.39 is 0 Å². The van der Waals surface area contributed by atoms with Crippen molar-refractivity contribution in [3.63, 3.8) is 0 Å². The second-order valence-electron chi connectivity index (χ2n) is 8.28. The second kappa shape index (κ2) is 10.1. The van der Waals surface area contributed by atoms with Gasteiger partial charge in [-0.2, -0.15) is 0 Å². The summed E-state index contributed by atoms with van der Waals surface area (Å²) in [7, 11) is 0. The fourth-order valence-corrected chi connectivity index (χ4v) is 3.56. The third kappa shape index (κ3) is 6.30. The Kier molecular flexibility index (Phi) is 7.48. The molecule has 3 nitrogen and oxygen atoms in total. The minimum absolute atomic E-state index is 0.115. The summed E-state index contributed by atoms with van der Waals surface area (Å²) in [5.74, 6) is 1.26. The molecule has 0 saturated heterocycles. The molecular formula is C25H28ClFN2O. The lowest BCUT2D eigenvalue weighted by molar-refractivity contribution is 0.167. The molecule has 30 heavy (non-hydrogen) atoms. The second-order valence-corrected chi connectivity index (χ2v) is 8.68. The van der Waals surface area contributed by atoms with Crippen LogP contribution in [0.25, 0.3) is 0 Å². The molecule has 0 radical (unpaired) electrons. The van der Waals surface area contributed by atoms with Crippen molar-refractivity contribution >= 4 is 11.6 Å². The van der Waals surface area contributed by atoms with Crippen LogP contribution in [0.4, 0.5) is 4.39 Å². The molecule has 3 aromatic rings. The van der Waals surface area contributed by atoms with Gasteiger partial charge in [0.2, 0.25) is 0 Å². The number of halogens is 2. The van der Waals surface area contributed by atoms with E-state index in [1.807, 2.05) is 54.6 Å². The molecule has 5 heteroatoms. The Hall–Kier alpha value is -2.40. The van der Waals surface area contributed by atoms with E-state index in [2.05, 4.69) is 18.7 Å². The third-order valence-electron chi connectivity index (χ3n) is 4.93. The van der Waals surface area contributed by atoms with Gasteiger partial charge in [0.1, 0.15) is 17.3 Å². The largest absolute Gasteiger partial charge is 0.457 e.